The van der Waals surface area contributed by atoms with Crippen LogP contribution in [0.25, 0.3) is 27.0 Å². The first-order valence-electron chi connectivity index (χ1n) is 22.9. The maximum absolute atomic E-state index is 13.2. The van der Waals surface area contributed by atoms with Crippen molar-refractivity contribution < 1.29 is 32.9 Å². The lowest BCUT2D eigenvalue weighted by Crippen LogP contribution is -2.51. The fraction of sp³-hybridized carbons (Fsp3) is 0.392. The molecule has 0 spiro atoms. The zero-order valence-corrected chi connectivity index (χ0v) is 40.1. The number of aromatic nitrogens is 2. The van der Waals surface area contributed by atoms with E-state index in [1.165, 1.54) is 22.3 Å². The lowest BCUT2D eigenvalue weighted by Gasteiger charge is -2.56. The van der Waals surface area contributed by atoms with Crippen LogP contribution in [0.2, 0.25) is 0 Å². The first kappa shape index (κ1) is 47.5. The van der Waals surface area contributed by atoms with Gasteiger partial charge in [-0.15, -0.1) is 0 Å². The van der Waals surface area contributed by atoms with Crippen LogP contribution in [0.3, 0.4) is 0 Å². The third-order valence-corrected chi connectivity index (χ3v) is 15.0. The maximum atomic E-state index is 13.2. The van der Waals surface area contributed by atoms with Crippen LogP contribution in [0.15, 0.2) is 96.2 Å². The molecule has 16 heteroatoms. The summed E-state index contributed by atoms with van der Waals surface area (Å²) < 4.78 is 34.2. The number of para-hydroxylation sites is 1. The number of allylic oxidation sites excluding steroid dienone is 2. The number of hydrogen-bond acceptors (Lipinski definition) is 12. The number of hydrogen-bond donors (Lipinski definition) is 5. The van der Waals surface area contributed by atoms with Crippen LogP contribution in [-0.2, 0) is 33.6 Å². The molecule has 2 aliphatic carbocycles. The summed E-state index contributed by atoms with van der Waals surface area (Å²) in [5.41, 5.74) is 8.75. The number of ether oxygens (including phenoxy) is 2. The van der Waals surface area contributed by atoms with Gasteiger partial charge >= 0.3 is 12.1 Å². The number of fused-ring (bicyclic) bond motifs is 3. The van der Waals surface area contributed by atoms with Crippen LogP contribution in [0.1, 0.15) is 80.1 Å². The standard InChI is InChI=1S/C51H59N7O7S2/c1-5-20-50(3)31-51(28-38(27-45(50)51)64-24-22-57(23-25-67(62)63)49(61)65-30-34-12-16-37(53-4)17-13-34)32-54-33(2)40(29-52)39-18-19-41(55-46(39)47(59)60)36-15-14-35-9-8-21-58(43(35)26-36)48-56-42-10-6-7-11-44(42)66-48/h6-7,10-19,26-27,29,38,52-54H,5,8-9,20-25,28,30-32H2,1-4H3,(H,59,60)(H,62,63)/b40-33+,52-29?. The van der Waals surface area contributed by atoms with E-state index >= 15 is 0 Å². The lowest BCUT2D eigenvalue weighted by molar-refractivity contribution is 0.0179. The molecule has 3 heterocycles. The van der Waals surface area contributed by atoms with Crippen LogP contribution in [-0.4, -0.2) is 98.7 Å². The number of carboxylic acid groups (broad SMARTS) is 1. The predicted molar refractivity (Wildman–Crippen MR) is 267 cm³/mol. The molecule has 8 rings (SSSR count). The molecular weight excluding hydrogens is 887 g/mol. The molecule has 67 heavy (non-hydrogen) atoms. The van der Waals surface area contributed by atoms with E-state index in [9.17, 15) is 23.5 Å². The number of aryl methyl sites for hydroxylation is 1. The summed E-state index contributed by atoms with van der Waals surface area (Å²) in [5.74, 6) is -1.29. The zero-order valence-electron chi connectivity index (χ0n) is 38.5. The first-order chi connectivity index (χ1) is 32.3. The fourth-order valence-electron chi connectivity index (χ4n) is 10.3. The van der Waals surface area contributed by atoms with Crippen molar-refractivity contribution in [2.45, 2.75) is 72.0 Å². The van der Waals surface area contributed by atoms with E-state index < -0.39 is 23.1 Å². The summed E-state index contributed by atoms with van der Waals surface area (Å²) in [5, 5.41) is 26.6. The molecule has 5 aromatic rings. The van der Waals surface area contributed by atoms with Gasteiger partial charge in [-0.3, -0.25) is 0 Å². The molecule has 2 aromatic heterocycles. The van der Waals surface area contributed by atoms with Gasteiger partial charge in [-0.05, 0) is 98.0 Å². The number of nitrogens with one attached hydrogen (secondary N) is 3. The van der Waals surface area contributed by atoms with Crippen LogP contribution in [0.5, 0.6) is 0 Å². The number of aromatic carboxylic acids is 1. The van der Waals surface area contributed by atoms with Gasteiger partial charge in [0.2, 0.25) is 0 Å². The third kappa shape index (κ3) is 10.3. The fourth-order valence-corrected chi connectivity index (χ4v) is 11.6. The molecule has 0 radical (unpaired) electrons. The molecule has 4 unspecified atom stereocenters. The van der Waals surface area contributed by atoms with Crippen molar-refractivity contribution >= 4 is 73.0 Å². The Kier molecular flexibility index (Phi) is 14.6. The van der Waals surface area contributed by atoms with E-state index in [2.05, 4.69) is 53.7 Å². The molecule has 1 amide bonds. The number of carbonyl (C=O) groups excluding carboxylic acids is 1. The number of benzene rings is 3. The minimum atomic E-state index is -2.08. The van der Waals surface area contributed by atoms with Crippen molar-refractivity contribution in [1.82, 2.24) is 20.2 Å². The molecule has 3 aliphatic rings. The number of nitrogens with zero attached hydrogens (tertiary/aromatic N) is 4. The highest BCUT2D eigenvalue weighted by Crippen LogP contribution is 2.66. The van der Waals surface area contributed by atoms with Crippen molar-refractivity contribution in [2.24, 2.45) is 10.8 Å². The molecule has 0 bridgehead atoms. The molecule has 14 nitrogen and oxygen atoms in total. The van der Waals surface area contributed by atoms with E-state index in [1.807, 2.05) is 68.6 Å². The summed E-state index contributed by atoms with van der Waals surface area (Å²) in [6, 6.07) is 25.4. The summed E-state index contributed by atoms with van der Waals surface area (Å²) in [6.07, 6.45) is 8.25. The van der Waals surface area contributed by atoms with E-state index in [-0.39, 0.29) is 54.7 Å². The molecular formula is C51H59N7O7S2. The minimum absolute atomic E-state index is 0.00128. The van der Waals surface area contributed by atoms with Crippen LogP contribution in [0, 0.1) is 16.2 Å². The molecule has 1 fully saturated rings. The second-order valence-corrected chi connectivity index (χ2v) is 20.0. The Balaban J connectivity index is 0.957. The average molecular weight is 946 g/mol. The molecule has 1 aliphatic heterocycles. The van der Waals surface area contributed by atoms with Gasteiger partial charge in [-0.25, -0.2) is 23.8 Å². The topological polar surface area (TPSA) is 190 Å². The quantitative estimate of drug-likeness (QED) is 0.0283. The van der Waals surface area contributed by atoms with Gasteiger partial charge in [0.05, 0.1) is 34.4 Å². The van der Waals surface area contributed by atoms with Gasteiger partial charge in [0.25, 0.3) is 0 Å². The van der Waals surface area contributed by atoms with Crippen molar-refractivity contribution in [3.05, 3.63) is 119 Å². The lowest BCUT2D eigenvalue weighted by atomic mass is 9.49. The van der Waals surface area contributed by atoms with Crippen molar-refractivity contribution in [2.75, 3.05) is 55.8 Å². The summed E-state index contributed by atoms with van der Waals surface area (Å²) >= 11 is -0.424. The number of rotatable bonds is 20. The highest BCUT2D eigenvalue weighted by atomic mass is 32.2. The van der Waals surface area contributed by atoms with Gasteiger partial charge in [0.1, 0.15) is 6.61 Å². The maximum Gasteiger partial charge on any atom is 0.410 e. The highest BCUT2D eigenvalue weighted by Gasteiger charge is 2.59. The Morgan fingerprint density at radius 2 is 1.90 bits per heavy atom. The Hall–Kier alpha value is -5.94. The number of pyridine rings is 1. The molecule has 0 saturated heterocycles. The van der Waals surface area contributed by atoms with E-state index in [0.717, 1.165) is 76.5 Å². The summed E-state index contributed by atoms with van der Waals surface area (Å²) in [7, 11) is 1.83. The number of anilines is 3. The second-order valence-electron chi connectivity index (χ2n) is 18.0. The van der Waals surface area contributed by atoms with Gasteiger partial charge in [-0.2, -0.15) is 0 Å². The number of thiazole rings is 1. The first-order valence-corrected chi connectivity index (χ1v) is 25.0. The van der Waals surface area contributed by atoms with Gasteiger partial charge in [-0.1, -0.05) is 79.7 Å². The number of carbonyl (C=O) groups is 2. The molecule has 3 aromatic carbocycles. The molecule has 352 valence electrons. The Bertz CT molecular complexity index is 2710. The van der Waals surface area contributed by atoms with Crippen molar-refractivity contribution in [1.29, 1.82) is 5.41 Å². The zero-order chi connectivity index (χ0) is 47.3. The smallest absolute Gasteiger partial charge is 0.410 e. The van der Waals surface area contributed by atoms with E-state index in [0.29, 0.717) is 35.5 Å². The van der Waals surface area contributed by atoms with E-state index in [1.54, 1.807) is 17.4 Å². The van der Waals surface area contributed by atoms with Gasteiger partial charge in [0, 0.05) is 78.6 Å². The average Bonchev–Trinajstić information content (AvgIpc) is 3.90. The number of amides is 1. The Morgan fingerprint density at radius 1 is 1.09 bits per heavy atom. The van der Waals surface area contributed by atoms with Gasteiger partial charge in [0.15, 0.2) is 21.9 Å². The highest BCUT2D eigenvalue weighted by molar-refractivity contribution is 7.79. The molecule has 5 N–H and O–H groups in total. The van der Waals surface area contributed by atoms with Gasteiger partial charge < -0.3 is 45.0 Å². The van der Waals surface area contributed by atoms with Crippen molar-refractivity contribution in [3.63, 3.8) is 0 Å². The minimum Gasteiger partial charge on any atom is -0.476 e. The predicted octanol–water partition coefficient (Wildman–Crippen LogP) is 9.92. The Morgan fingerprint density at radius 3 is 2.63 bits per heavy atom. The van der Waals surface area contributed by atoms with Crippen LogP contribution >= 0.6 is 11.3 Å². The SMILES string of the molecule is CCCC1(C)CC2(CN/C(C)=C(\C=N)c3ccc(-c4ccc5c(c4)N(c4nc6ccccc6s4)CCC5)nc3C(=O)O)CC(OCCN(CCS(=O)O)C(=O)OCc3ccc(NC)cc3)C=C12. The molecule has 1 saturated carbocycles. The summed E-state index contributed by atoms with van der Waals surface area (Å²) in [4.78, 5) is 39.4. The normalized spacial score (nSPS) is 20.5. The largest absolute Gasteiger partial charge is 0.476 e. The van der Waals surface area contributed by atoms with Crippen molar-refractivity contribution in [3.8, 4) is 11.3 Å². The summed E-state index contributed by atoms with van der Waals surface area (Å²) in [6.45, 7) is 8.24. The van der Waals surface area contributed by atoms with Crippen LogP contribution < -0.4 is 15.5 Å². The van der Waals surface area contributed by atoms with Crippen LogP contribution in [0.4, 0.5) is 21.3 Å². The monoisotopic (exact) mass is 945 g/mol. The Labute approximate surface area is 398 Å². The number of carboxylic acids is 1. The second kappa shape index (κ2) is 20.5. The third-order valence-electron chi connectivity index (χ3n) is 13.4. The molecule has 4 atom stereocenters. The van der Waals surface area contributed by atoms with E-state index in [4.69, 9.17) is 24.9 Å².